The number of amidine groups is 1. The molecule has 0 bridgehead atoms. The maximum Gasteiger partial charge on any atom is 0.277 e. The van der Waals surface area contributed by atoms with Gasteiger partial charge in [-0.1, -0.05) is 69.7 Å². The molecule has 1 fully saturated rings. The van der Waals surface area contributed by atoms with Gasteiger partial charge in [-0.3, -0.25) is 4.79 Å². The highest BCUT2D eigenvalue weighted by molar-refractivity contribution is 7.97. The summed E-state index contributed by atoms with van der Waals surface area (Å²) in [6, 6.07) is 17.3. The Morgan fingerprint density at radius 3 is 2.64 bits per heavy atom. The molecule has 2 atom stereocenters. The van der Waals surface area contributed by atoms with E-state index in [0.29, 0.717) is 18.9 Å². The zero-order valence-corrected chi connectivity index (χ0v) is 22.2. The zero-order chi connectivity index (χ0) is 25.3. The van der Waals surface area contributed by atoms with Gasteiger partial charge in [-0.15, -0.1) is 5.10 Å². The van der Waals surface area contributed by atoms with E-state index < -0.39 is 6.04 Å². The Morgan fingerprint density at radius 2 is 1.97 bits per heavy atom. The molecule has 8 heteroatoms. The molecule has 1 amide bonds. The smallest absolute Gasteiger partial charge is 0.277 e. The maximum atomic E-state index is 13.9. The SMILES string of the molecule is CCCCOc1ccc(CC=NN2C(=O)C(C3CCCO3)N(SC(C)C)N=C2c2ccccc2)cc1. The number of nitrogens with zero attached hydrogens (tertiary/aromatic N) is 4. The van der Waals surface area contributed by atoms with Crippen molar-refractivity contribution in [1.29, 1.82) is 0 Å². The third kappa shape index (κ3) is 6.68. The lowest BCUT2D eigenvalue weighted by Crippen LogP contribution is -2.55. The Balaban J connectivity index is 1.56. The van der Waals surface area contributed by atoms with E-state index in [2.05, 4.69) is 25.9 Å². The fraction of sp³-hybridized carbons (Fsp3) is 0.464. The molecule has 192 valence electrons. The van der Waals surface area contributed by atoms with Crippen LogP contribution in [0.4, 0.5) is 0 Å². The molecule has 2 aliphatic rings. The second kappa shape index (κ2) is 12.9. The lowest BCUT2D eigenvalue weighted by Gasteiger charge is -2.38. The molecule has 0 saturated carbocycles. The van der Waals surface area contributed by atoms with Gasteiger partial charge in [0.15, 0.2) is 11.9 Å². The van der Waals surface area contributed by atoms with Gasteiger partial charge in [0.25, 0.3) is 5.91 Å². The number of hydrogen-bond acceptors (Lipinski definition) is 7. The number of carbonyl (C=O) groups excluding carboxylic acids is 1. The summed E-state index contributed by atoms with van der Waals surface area (Å²) in [6.07, 6.45) is 6.13. The average Bonchev–Trinajstić information content (AvgIpc) is 3.41. The molecule has 0 radical (unpaired) electrons. The molecule has 0 spiro atoms. The van der Waals surface area contributed by atoms with E-state index in [-0.39, 0.29) is 17.3 Å². The lowest BCUT2D eigenvalue weighted by atomic mass is 10.1. The lowest BCUT2D eigenvalue weighted by molar-refractivity contribution is -0.136. The molecular weight excluding hydrogens is 472 g/mol. The minimum atomic E-state index is -0.510. The minimum absolute atomic E-state index is 0.111. The van der Waals surface area contributed by atoms with Crippen molar-refractivity contribution in [3.63, 3.8) is 0 Å². The molecule has 2 aromatic carbocycles. The molecule has 0 N–H and O–H groups in total. The number of ether oxygens (including phenoxy) is 2. The highest BCUT2D eigenvalue weighted by Crippen LogP contribution is 2.32. The van der Waals surface area contributed by atoms with Gasteiger partial charge in [0.1, 0.15) is 5.75 Å². The van der Waals surface area contributed by atoms with Gasteiger partial charge in [0, 0.05) is 30.1 Å². The molecule has 2 heterocycles. The Labute approximate surface area is 218 Å². The van der Waals surface area contributed by atoms with Gasteiger partial charge in [0.2, 0.25) is 0 Å². The Morgan fingerprint density at radius 1 is 1.19 bits per heavy atom. The van der Waals surface area contributed by atoms with E-state index in [1.165, 1.54) is 5.01 Å². The van der Waals surface area contributed by atoms with Crippen molar-refractivity contribution in [1.82, 2.24) is 9.42 Å². The third-order valence-corrected chi connectivity index (χ3v) is 6.92. The Bertz CT molecular complexity index is 1040. The molecular formula is C28H36N4O3S. The standard InChI is InChI=1S/C28H36N4O3S/c1-4-5-19-34-24-15-13-22(14-16-24)17-18-29-31-27(23-10-7-6-8-11-23)30-32(36-21(2)3)26(28(31)33)25-12-9-20-35-25/h6-8,10-11,13-16,18,21,25-26H,4-5,9,12,17,19-20H2,1-3H3. The first-order chi connectivity index (χ1) is 17.6. The number of carbonyl (C=O) groups is 1. The molecule has 4 rings (SSSR count). The molecule has 36 heavy (non-hydrogen) atoms. The second-order valence-corrected chi connectivity index (χ2v) is 10.8. The summed E-state index contributed by atoms with van der Waals surface area (Å²) in [4.78, 5) is 13.9. The van der Waals surface area contributed by atoms with Crippen LogP contribution < -0.4 is 4.74 Å². The van der Waals surface area contributed by atoms with Crippen LogP contribution in [0.2, 0.25) is 0 Å². The van der Waals surface area contributed by atoms with Crippen LogP contribution in [0.3, 0.4) is 0 Å². The number of rotatable bonds is 11. The van der Waals surface area contributed by atoms with Crippen LogP contribution in [0, 0.1) is 0 Å². The van der Waals surface area contributed by atoms with E-state index >= 15 is 0 Å². The van der Waals surface area contributed by atoms with Crippen LogP contribution in [0.5, 0.6) is 5.75 Å². The largest absolute Gasteiger partial charge is 0.494 e. The minimum Gasteiger partial charge on any atom is -0.494 e. The summed E-state index contributed by atoms with van der Waals surface area (Å²) in [6.45, 7) is 7.75. The van der Waals surface area contributed by atoms with Gasteiger partial charge >= 0.3 is 0 Å². The molecule has 2 unspecified atom stereocenters. The topological polar surface area (TPSA) is 66.7 Å². The van der Waals surface area contributed by atoms with E-state index in [1.54, 1.807) is 18.2 Å². The van der Waals surface area contributed by atoms with Crippen LogP contribution in [-0.2, 0) is 16.0 Å². The normalized spacial score (nSPS) is 20.4. The molecule has 2 aromatic rings. The number of unbranched alkanes of at least 4 members (excludes halogenated alkanes) is 1. The van der Waals surface area contributed by atoms with E-state index in [9.17, 15) is 4.79 Å². The monoisotopic (exact) mass is 508 g/mol. The Kier molecular flexibility index (Phi) is 9.41. The second-order valence-electron chi connectivity index (χ2n) is 9.24. The summed E-state index contributed by atoms with van der Waals surface area (Å²) < 4.78 is 13.5. The predicted octanol–water partition coefficient (Wildman–Crippen LogP) is 5.50. The average molecular weight is 509 g/mol. The zero-order valence-electron chi connectivity index (χ0n) is 21.4. The van der Waals surface area contributed by atoms with Crippen molar-refractivity contribution in [3.8, 4) is 5.75 Å². The van der Waals surface area contributed by atoms with Crippen molar-refractivity contribution in [2.45, 2.75) is 70.3 Å². The molecule has 7 nitrogen and oxygen atoms in total. The van der Waals surface area contributed by atoms with E-state index in [4.69, 9.17) is 14.6 Å². The third-order valence-electron chi connectivity index (χ3n) is 5.98. The van der Waals surface area contributed by atoms with Crippen molar-refractivity contribution in [2.75, 3.05) is 13.2 Å². The maximum absolute atomic E-state index is 13.9. The number of benzene rings is 2. The predicted molar refractivity (Wildman–Crippen MR) is 146 cm³/mol. The van der Waals surface area contributed by atoms with E-state index in [0.717, 1.165) is 49.2 Å². The first-order valence-corrected chi connectivity index (χ1v) is 13.7. The van der Waals surface area contributed by atoms with Gasteiger partial charge in [-0.25, -0.2) is 4.41 Å². The number of hydrazone groups is 2. The fourth-order valence-electron chi connectivity index (χ4n) is 4.14. The summed E-state index contributed by atoms with van der Waals surface area (Å²) in [5, 5.41) is 11.3. The van der Waals surface area contributed by atoms with Crippen LogP contribution in [0.15, 0.2) is 64.8 Å². The number of amides is 1. The summed E-state index contributed by atoms with van der Waals surface area (Å²) in [7, 11) is 0. The first kappa shape index (κ1) is 26.2. The van der Waals surface area contributed by atoms with Crippen LogP contribution >= 0.6 is 11.9 Å². The van der Waals surface area contributed by atoms with Crippen molar-refractivity contribution < 1.29 is 14.3 Å². The first-order valence-electron chi connectivity index (χ1n) is 12.9. The summed E-state index contributed by atoms with van der Waals surface area (Å²) in [5.41, 5.74) is 1.94. The van der Waals surface area contributed by atoms with E-state index in [1.807, 2.05) is 59.0 Å². The van der Waals surface area contributed by atoms with Crippen molar-refractivity contribution in [3.05, 3.63) is 65.7 Å². The highest BCUT2D eigenvalue weighted by atomic mass is 32.2. The van der Waals surface area contributed by atoms with Crippen LogP contribution in [0.1, 0.15) is 57.6 Å². The van der Waals surface area contributed by atoms with Crippen molar-refractivity contribution >= 4 is 29.9 Å². The molecule has 1 saturated heterocycles. The Hall–Kier alpha value is -2.84. The molecule has 0 aromatic heterocycles. The summed E-state index contributed by atoms with van der Waals surface area (Å²) >= 11 is 1.56. The van der Waals surface area contributed by atoms with Crippen molar-refractivity contribution in [2.24, 2.45) is 10.2 Å². The van der Waals surface area contributed by atoms with Gasteiger partial charge < -0.3 is 9.47 Å². The van der Waals surface area contributed by atoms with Gasteiger partial charge in [0.05, 0.1) is 12.7 Å². The van der Waals surface area contributed by atoms with Crippen LogP contribution in [-0.4, -0.2) is 58.0 Å². The van der Waals surface area contributed by atoms with Gasteiger partial charge in [-0.2, -0.15) is 10.1 Å². The highest BCUT2D eigenvalue weighted by Gasteiger charge is 2.44. The van der Waals surface area contributed by atoms with Crippen LogP contribution in [0.25, 0.3) is 0 Å². The molecule has 0 aliphatic carbocycles. The molecule has 2 aliphatic heterocycles. The summed E-state index contributed by atoms with van der Waals surface area (Å²) in [5.74, 6) is 1.29. The fourth-order valence-corrected chi connectivity index (χ4v) is 5.06. The number of hydrogen-bond donors (Lipinski definition) is 0. The quantitative estimate of drug-likeness (QED) is 0.228. The van der Waals surface area contributed by atoms with Gasteiger partial charge in [-0.05, 0) is 48.9 Å².